The van der Waals surface area contributed by atoms with Gasteiger partial charge >= 0.3 is 0 Å². The molecule has 0 aromatic heterocycles. The van der Waals surface area contributed by atoms with E-state index < -0.39 is 10.0 Å². The molecule has 0 fully saturated rings. The molecule has 0 saturated carbocycles. The van der Waals surface area contributed by atoms with E-state index in [0.29, 0.717) is 6.61 Å². The summed E-state index contributed by atoms with van der Waals surface area (Å²) in [5.74, 6) is 0.275. The highest BCUT2D eigenvalue weighted by atomic mass is 32.2. The average Bonchev–Trinajstić information content (AvgIpc) is 2.21. The summed E-state index contributed by atoms with van der Waals surface area (Å²) in [6, 6.07) is 4.99. The quantitative estimate of drug-likeness (QED) is 0.822. The highest BCUT2D eigenvalue weighted by Gasteiger charge is 2.14. The third-order valence-corrected chi connectivity index (χ3v) is 3.59. The van der Waals surface area contributed by atoms with Crippen molar-refractivity contribution in [1.82, 2.24) is 4.89 Å². The number of rotatable bonds is 5. The van der Waals surface area contributed by atoms with Crippen molar-refractivity contribution in [2.75, 3.05) is 6.61 Å². The van der Waals surface area contributed by atoms with Crippen LogP contribution in [-0.2, 0) is 14.9 Å². The van der Waals surface area contributed by atoms with E-state index in [4.69, 9.17) is 4.84 Å². The molecule has 1 aromatic carbocycles. The molecule has 0 bridgehead atoms. The number of aryl methyl sites for hydroxylation is 2. The normalized spacial score (nSPS) is 12.1. The van der Waals surface area contributed by atoms with Gasteiger partial charge in [-0.25, -0.2) is 8.42 Å². The third-order valence-electron chi connectivity index (χ3n) is 2.37. The second-order valence-corrected chi connectivity index (χ2v) is 6.18. The van der Waals surface area contributed by atoms with Crippen LogP contribution in [0.2, 0.25) is 0 Å². The van der Waals surface area contributed by atoms with Gasteiger partial charge in [-0.05, 0) is 43.0 Å². The molecule has 0 saturated heterocycles. The first kappa shape index (κ1) is 14.2. The van der Waals surface area contributed by atoms with Crippen LogP contribution < -0.4 is 4.89 Å². The van der Waals surface area contributed by atoms with Crippen LogP contribution in [0, 0.1) is 19.8 Å². The molecule has 0 heterocycles. The Hall–Kier alpha value is -0.910. The Morgan fingerprint density at radius 3 is 2.41 bits per heavy atom. The fourth-order valence-corrected chi connectivity index (χ4v) is 2.11. The maximum Gasteiger partial charge on any atom is 0.262 e. The maximum atomic E-state index is 11.8. The van der Waals surface area contributed by atoms with Gasteiger partial charge in [0.25, 0.3) is 10.0 Å². The van der Waals surface area contributed by atoms with E-state index >= 15 is 0 Å². The standard InChI is InChI=1S/C12H19NO3S/c1-9(2)8-16-13-17(14,15)12-6-5-10(3)11(4)7-12/h5-7,9,13H,8H2,1-4H3. The molecule has 0 radical (unpaired) electrons. The molecule has 0 aliphatic heterocycles. The van der Waals surface area contributed by atoms with E-state index in [9.17, 15) is 8.42 Å². The Balaban J connectivity index is 2.79. The van der Waals surface area contributed by atoms with Crippen LogP contribution in [0.15, 0.2) is 23.1 Å². The number of hydrogen-bond acceptors (Lipinski definition) is 3. The van der Waals surface area contributed by atoms with Crippen LogP contribution in [0.5, 0.6) is 0 Å². The first-order chi connectivity index (χ1) is 7.83. The summed E-state index contributed by atoms with van der Waals surface area (Å²) in [4.78, 5) is 7.30. The van der Waals surface area contributed by atoms with Gasteiger partial charge in [-0.3, -0.25) is 4.84 Å². The van der Waals surface area contributed by atoms with Gasteiger partial charge in [0.05, 0.1) is 11.5 Å². The zero-order chi connectivity index (χ0) is 13.1. The van der Waals surface area contributed by atoms with Gasteiger partial charge in [0.1, 0.15) is 0 Å². The molecule has 4 nitrogen and oxygen atoms in total. The molecular formula is C12H19NO3S. The lowest BCUT2D eigenvalue weighted by atomic mass is 10.1. The van der Waals surface area contributed by atoms with Gasteiger partial charge in [-0.2, -0.15) is 0 Å². The molecule has 17 heavy (non-hydrogen) atoms. The van der Waals surface area contributed by atoms with Crippen molar-refractivity contribution < 1.29 is 13.3 Å². The number of nitrogens with one attached hydrogen (secondary N) is 1. The lowest BCUT2D eigenvalue weighted by Crippen LogP contribution is -2.26. The van der Waals surface area contributed by atoms with Gasteiger partial charge in [-0.15, -0.1) is 0 Å². The van der Waals surface area contributed by atoms with Crippen molar-refractivity contribution in [2.45, 2.75) is 32.6 Å². The summed E-state index contributed by atoms with van der Waals surface area (Å²) in [5.41, 5.74) is 2.00. The van der Waals surface area contributed by atoms with Crippen LogP contribution in [-0.4, -0.2) is 15.0 Å². The van der Waals surface area contributed by atoms with Crippen LogP contribution >= 0.6 is 0 Å². The predicted octanol–water partition coefficient (Wildman–Crippen LogP) is 2.17. The molecule has 0 aliphatic rings. The highest BCUT2D eigenvalue weighted by Crippen LogP contribution is 2.14. The molecule has 0 atom stereocenters. The smallest absolute Gasteiger partial charge is 0.262 e. The van der Waals surface area contributed by atoms with Crippen molar-refractivity contribution in [1.29, 1.82) is 0 Å². The molecule has 1 rings (SSSR count). The summed E-state index contributed by atoms with van der Waals surface area (Å²) in [5, 5.41) is 0. The van der Waals surface area contributed by atoms with E-state index in [1.807, 2.05) is 27.7 Å². The Morgan fingerprint density at radius 1 is 1.24 bits per heavy atom. The van der Waals surface area contributed by atoms with Gasteiger partial charge in [0.15, 0.2) is 0 Å². The Morgan fingerprint density at radius 2 is 1.88 bits per heavy atom. The molecule has 0 unspecified atom stereocenters. The first-order valence-electron chi connectivity index (χ1n) is 5.54. The second-order valence-electron chi connectivity index (χ2n) is 4.54. The van der Waals surface area contributed by atoms with Crippen LogP contribution in [0.1, 0.15) is 25.0 Å². The minimum absolute atomic E-state index is 0.226. The summed E-state index contributed by atoms with van der Waals surface area (Å²) in [7, 11) is -3.57. The van der Waals surface area contributed by atoms with Crippen LogP contribution in [0.3, 0.4) is 0 Å². The van der Waals surface area contributed by atoms with Gasteiger partial charge in [-0.1, -0.05) is 24.8 Å². The number of sulfonamides is 1. The average molecular weight is 257 g/mol. The molecule has 0 spiro atoms. The van der Waals surface area contributed by atoms with Crippen molar-refractivity contribution in [3.05, 3.63) is 29.3 Å². The van der Waals surface area contributed by atoms with Crippen LogP contribution in [0.25, 0.3) is 0 Å². The van der Waals surface area contributed by atoms with Crippen molar-refractivity contribution >= 4 is 10.0 Å². The third kappa shape index (κ3) is 4.11. The second kappa shape index (κ2) is 5.62. The molecule has 0 amide bonds. The van der Waals surface area contributed by atoms with E-state index in [2.05, 4.69) is 4.89 Å². The van der Waals surface area contributed by atoms with Crippen molar-refractivity contribution in [3.63, 3.8) is 0 Å². The SMILES string of the molecule is Cc1ccc(S(=O)(=O)NOCC(C)C)cc1C. The minimum atomic E-state index is -3.57. The molecule has 5 heteroatoms. The van der Waals surface area contributed by atoms with E-state index in [-0.39, 0.29) is 10.8 Å². The Bertz CT molecular complexity index is 481. The topological polar surface area (TPSA) is 55.4 Å². The van der Waals surface area contributed by atoms with Gasteiger partial charge in [0, 0.05) is 0 Å². The van der Waals surface area contributed by atoms with Crippen molar-refractivity contribution in [3.8, 4) is 0 Å². The zero-order valence-corrected chi connectivity index (χ0v) is 11.5. The maximum absolute atomic E-state index is 11.8. The van der Waals surface area contributed by atoms with Crippen molar-refractivity contribution in [2.24, 2.45) is 5.92 Å². The lowest BCUT2D eigenvalue weighted by Gasteiger charge is -2.10. The highest BCUT2D eigenvalue weighted by molar-refractivity contribution is 7.89. The summed E-state index contributed by atoms with van der Waals surface area (Å²) in [6.45, 7) is 8.07. The van der Waals surface area contributed by atoms with Gasteiger partial charge in [0.2, 0.25) is 0 Å². The monoisotopic (exact) mass is 257 g/mol. The summed E-state index contributed by atoms with van der Waals surface area (Å²) >= 11 is 0. The zero-order valence-electron chi connectivity index (χ0n) is 10.6. The fourth-order valence-electron chi connectivity index (χ4n) is 1.21. The summed E-state index contributed by atoms with van der Waals surface area (Å²) in [6.07, 6.45) is 0. The number of benzene rings is 1. The van der Waals surface area contributed by atoms with Crippen LogP contribution in [0.4, 0.5) is 0 Å². The largest absolute Gasteiger partial charge is 0.287 e. The Labute approximate surface area is 103 Å². The first-order valence-corrected chi connectivity index (χ1v) is 7.02. The molecule has 0 aliphatic carbocycles. The number of hydrogen-bond donors (Lipinski definition) is 1. The molecule has 96 valence electrons. The van der Waals surface area contributed by atoms with E-state index in [1.165, 1.54) is 0 Å². The minimum Gasteiger partial charge on any atom is -0.287 e. The summed E-state index contributed by atoms with van der Waals surface area (Å²) < 4.78 is 23.7. The van der Waals surface area contributed by atoms with E-state index in [1.54, 1.807) is 18.2 Å². The Kier molecular flexibility index (Phi) is 4.68. The molecular weight excluding hydrogens is 238 g/mol. The van der Waals surface area contributed by atoms with Gasteiger partial charge < -0.3 is 0 Å². The van der Waals surface area contributed by atoms with E-state index in [0.717, 1.165) is 11.1 Å². The molecule has 1 N–H and O–H groups in total. The molecule has 1 aromatic rings. The predicted molar refractivity (Wildman–Crippen MR) is 67.0 cm³/mol. The fraction of sp³-hybridized carbons (Fsp3) is 0.500. The lowest BCUT2D eigenvalue weighted by molar-refractivity contribution is 0.0718.